The average Bonchev–Trinajstić information content (AvgIpc) is 2.41. The zero-order valence-electron chi connectivity index (χ0n) is 11.2. The Balaban J connectivity index is 1.80. The van der Waals surface area contributed by atoms with Gasteiger partial charge in [-0.1, -0.05) is 6.07 Å². The molecule has 4 heteroatoms. The number of aryl methyl sites for hydroxylation is 1. The van der Waals surface area contributed by atoms with Gasteiger partial charge in [0.05, 0.1) is 6.10 Å². The third kappa shape index (κ3) is 4.40. The molecule has 1 N–H and O–H groups in total. The van der Waals surface area contributed by atoms with Crippen LogP contribution in [0, 0.1) is 12.7 Å². The highest BCUT2D eigenvalue weighted by molar-refractivity contribution is 5.82. The number of benzene rings is 1. The molecular formula is C15H20FNO2. The SMILES string of the molecule is Cc1cc(F)ccc1CC(=O)COC1CCNCC1. The van der Waals surface area contributed by atoms with Crippen molar-refractivity contribution in [1.29, 1.82) is 0 Å². The zero-order valence-corrected chi connectivity index (χ0v) is 11.2. The number of hydrogen-bond acceptors (Lipinski definition) is 3. The molecule has 104 valence electrons. The summed E-state index contributed by atoms with van der Waals surface area (Å²) >= 11 is 0. The number of piperidine rings is 1. The van der Waals surface area contributed by atoms with Gasteiger partial charge in [0.1, 0.15) is 12.4 Å². The van der Waals surface area contributed by atoms with Gasteiger partial charge >= 0.3 is 0 Å². The Labute approximate surface area is 113 Å². The molecule has 1 aromatic carbocycles. The molecule has 1 aliphatic rings. The lowest BCUT2D eigenvalue weighted by molar-refractivity contribution is -0.125. The van der Waals surface area contributed by atoms with E-state index in [4.69, 9.17) is 4.74 Å². The maximum atomic E-state index is 13.0. The number of carbonyl (C=O) groups excluding carboxylic acids is 1. The molecule has 1 aliphatic heterocycles. The minimum atomic E-state index is -0.264. The van der Waals surface area contributed by atoms with Crippen LogP contribution >= 0.6 is 0 Å². The number of Topliss-reactive ketones (excluding diaryl/α,β-unsaturated/α-hetero) is 1. The Morgan fingerprint density at radius 2 is 2.16 bits per heavy atom. The molecule has 1 saturated heterocycles. The van der Waals surface area contributed by atoms with Crippen LogP contribution in [0.1, 0.15) is 24.0 Å². The quantitative estimate of drug-likeness (QED) is 0.885. The highest BCUT2D eigenvalue weighted by Crippen LogP contribution is 2.12. The van der Waals surface area contributed by atoms with E-state index in [9.17, 15) is 9.18 Å². The first-order valence-electron chi connectivity index (χ1n) is 6.74. The van der Waals surface area contributed by atoms with Crippen molar-refractivity contribution >= 4 is 5.78 Å². The van der Waals surface area contributed by atoms with E-state index < -0.39 is 0 Å². The van der Waals surface area contributed by atoms with Crippen LogP contribution in [0.4, 0.5) is 4.39 Å². The Morgan fingerprint density at radius 3 is 2.84 bits per heavy atom. The van der Waals surface area contributed by atoms with Crippen LogP contribution in [0.3, 0.4) is 0 Å². The van der Waals surface area contributed by atoms with E-state index in [2.05, 4.69) is 5.32 Å². The van der Waals surface area contributed by atoms with Crippen LogP contribution in [0.15, 0.2) is 18.2 Å². The Bertz CT molecular complexity index is 442. The second kappa shape index (κ2) is 6.78. The molecule has 0 bridgehead atoms. The lowest BCUT2D eigenvalue weighted by Gasteiger charge is -2.22. The molecule has 2 rings (SSSR count). The number of rotatable bonds is 5. The normalized spacial score (nSPS) is 16.5. The molecule has 0 aromatic heterocycles. The van der Waals surface area contributed by atoms with Crippen molar-refractivity contribution in [3.05, 3.63) is 35.1 Å². The highest BCUT2D eigenvalue weighted by atomic mass is 19.1. The van der Waals surface area contributed by atoms with E-state index in [1.165, 1.54) is 12.1 Å². The molecule has 0 unspecified atom stereocenters. The van der Waals surface area contributed by atoms with Crippen molar-refractivity contribution in [2.24, 2.45) is 0 Å². The maximum absolute atomic E-state index is 13.0. The highest BCUT2D eigenvalue weighted by Gasteiger charge is 2.15. The maximum Gasteiger partial charge on any atom is 0.162 e. The lowest BCUT2D eigenvalue weighted by atomic mass is 10.0. The van der Waals surface area contributed by atoms with Gasteiger partial charge in [-0.15, -0.1) is 0 Å². The molecular weight excluding hydrogens is 245 g/mol. The molecule has 0 saturated carbocycles. The smallest absolute Gasteiger partial charge is 0.162 e. The fraction of sp³-hybridized carbons (Fsp3) is 0.533. The Kier molecular flexibility index (Phi) is 5.05. The van der Waals surface area contributed by atoms with Crippen molar-refractivity contribution in [3.63, 3.8) is 0 Å². The molecule has 0 atom stereocenters. The summed E-state index contributed by atoms with van der Waals surface area (Å²) in [5, 5.41) is 3.25. The lowest BCUT2D eigenvalue weighted by Crippen LogP contribution is -2.33. The van der Waals surface area contributed by atoms with Crippen molar-refractivity contribution in [2.75, 3.05) is 19.7 Å². The van der Waals surface area contributed by atoms with E-state index in [-0.39, 0.29) is 24.3 Å². The average molecular weight is 265 g/mol. The molecule has 0 aliphatic carbocycles. The number of ether oxygens (including phenoxy) is 1. The molecule has 1 aromatic rings. The Hall–Kier alpha value is -1.26. The zero-order chi connectivity index (χ0) is 13.7. The second-order valence-electron chi connectivity index (χ2n) is 5.05. The topological polar surface area (TPSA) is 38.3 Å². The summed E-state index contributed by atoms with van der Waals surface area (Å²) in [5.41, 5.74) is 1.69. The van der Waals surface area contributed by atoms with Gasteiger partial charge in [0, 0.05) is 6.42 Å². The summed E-state index contributed by atoms with van der Waals surface area (Å²) in [6.07, 6.45) is 2.43. The summed E-state index contributed by atoms with van der Waals surface area (Å²) in [4.78, 5) is 11.9. The van der Waals surface area contributed by atoms with E-state index in [0.29, 0.717) is 6.42 Å². The third-order valence-electron chi connectivity index (χ3n) is 3.46. The van der Waals surface area contributed by atoms with Gasteiger partial charge in [-0.3, -0.25) is 4.79 Å². The number of halogens is 1. The van der Waals surface area contributed by atoms with E-state index in [1.807, 2.05) is 6.92 Å². The fourth-order valence-corrected chi connectivity index (χ4v) is 2.29. The van der Waals surface area contributed by atoms with Crippen LogP contribution < -0.4 is 5.32 Å². The first kappa shape index (κ1) is 14.2. The third-order valence-corrected chi connectivity index (χ3v) is 3.46. The molecule has 1 fully saturated rings. The van der Waals surface area contributed by atoms with Crippen LogP contribution in [0.2, 0.25) is 0 Å². The predicted octanol–water partition coefficient (Wildman–Crippen LogP) is 2.01. The summed E-state index contributed by atoms with van der Waals surface area (Å²) < 4.78 is 18.6. The van der Waals surface area contributed by atoms with Gasteiger partial charge in [0.25, 0.3) is 0 Å². The van der Waals surface area contributed by atoms with E-state index in [0.717, 1.165) is 37.1 Å². The summed E-state index contributed by atoms with van der Waals surface area (Å²) in [6, 6.07) is 4.52. The summed E-state index contributed by atoms with van der Waals surface area (Å²) in [5.74, 6) is -0.215. The molecule has 3 nitrogen and oxygen atoms in total. The van der Waals surface area contributed by atoms with E-state index in [1.54, 1.807) is 6.07 Å². The molecule has 0 amide bonds. The van der Waals surface area contributed by atoms with Crippen LogP contribution in [-0.4, -0.2) is 31.6 Å². The van der Waals surface area contributed by atoms with Crippen LogP contribution in [0.5, 0.6) is 0 Å². The second-order valence-corrected chi connectivity index (χ2v) is 5.05. The van der Waals surface area contributed by atoms with Crippen molar-refractivity contribution in [1.82, 2.24) is 5.32 Å². The van der Waals surface area contributed by atoms with Crippen LogP contribution in [0.25, 0.3) is 0 Å². The van der Waals surface area contributed by atoms with Gasteiger partial charge in [-0.05, 0) is 56.1 Å². The standard InChI is InChI=1S/C15H20FNO2/c1-11-8-13(16)3-2-12(11)9-14(18)10-19-15-4-6-17-7-5-15/h2-3,8,15,17H,4-7,9-10H2,1H3. The van der Waals surface area contributed by atoms with Crippen molar-refractivity contribution in [2.45, 2.75) is 32.3 Å². The van der Waals surface area contributed by atoms with Crippen LogP contribution in [-0.2, 0) is 16.0 Å². The minimum absolute atomic E-state index is 0.0493. The van der Waals surface area contributed by atoms with Gasteiger partial charge < -0.3 is 10.1 Å². The first-order chi connectivity index (χ1) is 9.15. The molecule has 19 heavy (non-hydrogen) atoms. The fourth-order valence-electron chi connectivity index (χ4n) is 2.29. The summed E-state index contributed by atoms with van der Waals surface area (Å²) in [7, 11) is 0. The van der Waals surface area contributed by atoms with Crippen molar-refractivity contribution < 1.29 is 13.9 Å². The van der Waals surface area contributed by atoms with Gasteiger partial charge in [0.2, 0.25) is 0 Å². The van der Waals surface area contributed by atoms with E-state index >= 15 is 0 Å². The minimum Gasteiger partial charge on any atom is -0.370 e. The number of nitrogens with one attached hydrogen (secondary N) is 1. The number of ketones is 1. The van der Waals surface area contributed by atoms with Crippen molar-refractivity contribution in [3.8, 4) is 0 Å². The summed E-state index contributed by atoms with van der Waals surface area (Å²) in [6.45, 7) is 3.88. The van der Waals surface area contributed by atoms with Gasteiger partial charge in [0.15, 0.2) is 5.78 Å². The monoisotopic (exact) mass is 265 g/mol. The van der Waals surface area contributed by atoms with Gasteiger partial charge in [-0.25, -0.2) is 4.39 Å². The van der Waals surface area contributed by atoms with Gasteiger partial charge in [-0.2, -0.15) is 0 Å². The Morgan fingerprint density at radius 1 is 1.42 bits per heavy atom. The number of carbonyl (C=O) groups is 1. The molecule has 1 heterocycles. The largest absolute Gasteiger partial charge is 0.370 e. The molecule has 0 spiro atoms. The first-order valence-corrected chi connectivity index (χ1v) is 6.74. The molecule has 0 radical (unpaired) electrons. The predicted molar refractivity (Wildman–Crippen MR) is 71.7 cm³/mol. The number of hydrogen-bond donors (Lipinski definition) is 1.